The molecular weight excluding hydrogens is 258 g/mol. The van der Waals surface area contributed by atoms with Gasteiger partial charge in [-0.3, -0.25) is 0 Å². The normalized spacial score (nSPS) is 13.2. The van der Waals surface area contributed by atoms with Gasteiger partial charge in [0.1, 0.15) is 17.3 Å². The van der Waals surface area contributed by atoms with Gasteiger partial charge in [-0.05, 0) is 24.8 Å². The van der Waals surface area contributed by atoms with Gasteiger partial charge in [0.15, 0.2) is 0 Å². The van der Waals surface area contributed by atoms with Crippen molar-refractivity contribution in [3.8, 4) is 11.4 Å². The predicted molar refractivity (Wildman–Crippen MR) is 79.5 cm³/mol. The van der Waals surface area contributed by atoms with Crippen LogP contribution in [-0.2, 0) is 12.2 Å². The molecule has 0 bridgehead atoms. The average Bonchev–Trinajstić information content (AvgIpc) is 3.03. The van der Waals surface area contributed by atoms with Gasteiger partial charge in [-0.15, -0.1) is 0 Å². The van der Waals surface area contributed by atoms with Crippen LogP contribution >= 0.6 is 11.8 Å². The Hall–Kier alpha value is -1.62. The number of thioether (sulfide) groups is 1. The van der Waals surface area contributed by atoms with Gasteiger partial charge in [-0.25, -0.2) is 4.68 Å². The molecule has 0 radical (unpaired) electrons. The summed E-state index contributed by atoms with van der Waals surface area (Å²) >= 11 is 1.80. The number of aromatic nitrogens is 2. The van der Waals surface area contributed by atoms with Gasteiger partial charge >= 0.3 is 0 Å². The lowest BCUT2D eigenvalue weighted by molar-refractivity contribution is 0.412. The van der Waals surface area contributed by atoms with Crippen molar-refractivity contribution in [3.05, 3.63) is 35.5 Å². The fourth-order valence-corrected chi connectivity index (χ4v) is 2.98. The fourth-order valence-electron chi connectivity index (χ4n) is 2.48. The van der Waals surface area contributed by atoms with Gasteiger partial charge in [-0.2, -0.15) is 16.9 Å². The number of hydrogen-bond acceptors (Lipinski definition) is 4. The van der Waals surface area contributed by atoms with Crippen LogP contribution in [0.25, 0.3) is 5.69 Å². The van der Waals surface area contributed by atoms with Crippen LogP contribution in [0.15, 0.2) is 24.3 Å². The molecule has 0 aliphatic carbocycles. The molecule has 1 aromatic carbocycles. The monoisotopic (exact) mass is 275 g/mol. The maximum Gasteiger partial charge on any atom is 0.144 e. The molecule has 0 amide bonds. The third-order valence-electron chi connectivity index (χ3n) is 3.33. The molecule has 1 aliphatic rings. The summed E-state index contributed by atoms with van der Waals surface area (Å²) in [4.78, 5) is 0. The van der Waals surface area contributed by atoms with E-state index >= 15 is 0 Å². The first-order valence-corrected chi connectivity index (χ1v) is 7.71. The van der Waals surface area contributed by atoms with Crippen molar-refractivity contribution in [2.45, 2.75) is 12.2 Å². The van der Waals surface area contributed by atoms with Gasteiger partial charge in [-0.1, -0.05) is 12.1 Å². The zero-order chi connectivity index (χ0) is 13.2. The summed E-state index contributed by atoms with van der Waals surface area (Å²) in [5.41, 5.74) is 3.52. The molecule has 1 aliphatic heterocycles. The van der Waals surface area contributed by atoms with E-state index in [0.29, 0.717) is 0 Å². The predicted octanol–water partition coefficient (Wildman–Crippen LogP) is 2.71. The number of methoxy groups -OCH3 is 1. The highest BCUT2D eigenvalue weighted by atomic mass is 32.2. The van der Waals surface area contributed by atoms with Crippen LogP contribution < -0.4 is 10.1 Å². The Bertz CT molecular complexity index is 594. The molecule has 19 heavy (non-hydrogen) atoms. The first kappa shape index (κ1) is 12.4. The van der Waals surface area contributed by atoms with Gasteiger partial charge in [0.05, 0.1) is 12.8 Å². The average molecular weight is 275 g/mol. The van der Waals surface area contributed by atoms with Crippen molar-refractivity contribution < 1.29 is 4.74 Å². The van der Waals surface area contributed by atoms with Crippen LogP contribution in [0.5, 0.6) is 5.75 Å². The van der Waals surface area contributed by atoms with E-state index in [1.54, 1.807) is 18.9 Å². The van der Waals surface area contributed by atoms with Crippen LogP contribution in [0.1, 0.15) is 11.3 Å². The second-order valence-electron chi connectivity index (χ2n) is 4.47. The minimum atomic E-state index is 0.845. The number of ether oxygens (including phenoxy) is 1. The van der Waals surface area contributed by atoms with Crippen LogP contribution in [0, 0.1) is 0 Å². The minimum absolute atomic E-state index is 0.845. The molecule has 0 saturated carbocycles. The molecule has 0 unspecified atom stereocenters. The van der Waals surface area contributed by atoms with Crippen molar-refractivity contribution in [1.82, 2.24) is 9.78 Å². The van der Waals surface area contributed by atoms with E-state index in [0.717, 1.165) is 36.0 Å². The Balaban J connectivity index is 2.12. The third-order valence-corrected chi connectivity index (χ3v) is 3.89. The van der Waals surface area contributed by atoms with Crippen LogP contribution in [0.4, 0.5) is 5.82 Å². The van der Waals surface area contributed by atoms with Crippen molar-refractivity contribution in [2.75, 3.05) is 25.2 Å². The molecule has 0 saturated heterocycles. The molecule has 100 valence electrons. The van der Waals surface area contributed by atoms with E-state index in [-0.39, 0.29) is 0 Å². The number of para-hydroxylation sites is 2. The topological polar surface area (TPSA) is 39.1 Å². The number of anilines is 1. The molecule has 1 N–H and O–H groups in total. The molecule has 5 heteroatoms. The summed E-state index contributed by atoms with van der Waals surface area (Å²) in [5, 5.41) is 8.19. The summed E-state index contributed by atoms with van der Waals surface area (Å²) in [6.45, 7) is 0.990. The zero-order valence-electron chi connectivity index (χ0n) is 11.1. The number of fused-ring (bicyclic) bond motifs is 1. The van der Waals surface area contributed by atoms with E-state index < -0.39 is 0 Å². The molecule has 3 rings (SSSR count). The van der Waals surface area contributed by atoms with E-state index in [1.807, 2.05) is 28.9 Å². The highest BCUT2D eigenvalue weighted by Gasteiger charge is 2.23. The second kappa shape index (κ2) is 5.17. The summed E-state index contributed by atoms with van der Waals surface area (Å²) in [6, 6.07) is 7.99. The number of nitrogens with zero attached hydrogens (tertiary/aromatic N) is 2. The molecule has 0 atom stereocenters. The van der Waals surface area contributed by atoms with E-state index in [4.69, 9.17) is 9.84 Å². The number of nitrogens with one attached hydrogen (secondary N) is 1. The van der Waals surface area contributed by atoms with Crippen molar-refractivity contribution in [1.29, 1.82) is 0 Å². The number of rotatable bonds is 4. The van der Waals surface area contributed by atoms with Gasteiger partial charge < -0.3 is 10.1 Å². The van der Waals surface area contributed by atoms with Crippen molar-refractivity contribution >= 4 is 17.6 Å². The Morgan fingerprint density at radius 2 is 2.26 bits per heavy atom. The smallest absolute Gasteiger partial charge is 0.144 e. The highest BCUT2D eigenvalue weighted by molar-refractivity contribution is 7.97. The second-order valence-corrected chi connectivity index (χ2v) is 5.33. The lowest BCUT2D eigenvalue weighted by atomic mass is 10.2. The number of hydrogen-bond donors (Lipinski definition) is 1. The molecule has 0 fully saturated rings. The molecule has 0 spiro atoms. The molecular formula is C14H17N3OS. The Labute approximate surface area is 117 Å². The zero-order valence-corrected chi connectivity index (χ0v) is 12.0. The van der Waals surface area contributed by atoms with E-state index in [9.17, 15) is 0 Å². The van der Waals surface area contributed by atoms with Crippen LogP contribution in [-0.4, -0.2) is 29.7 Å². The fraction of sp³-hybridized carbons (Fsp3) is 0.357. The van der Waals surface area contributed by atoms with Crippen LogP contribution in [0.3, 0.4) is 0 Å². The van der Waals surface area contributed by atoms with E-state index in [2.05, 4.69) is 11.6 Å². The van der Waals surface area contributed by atoms with Crippen molar-refractivity contribution in [3.63, 3.8) is 0 Å². The molecule has 4 nitrogen and oxygen atoms in total. The largest absolute Gasteiger partial charge is 0.494 e. The standard InChI is InChI=1S/C14H17N3OS/c1-18-13-6-4-3-5-12(13)17-14-10(7-8-15-14)11(16-17)9-19-2/h3-6,15H,7-9H2,1-2H3. The Morgan fingerprint density at radius 1 is 1.42 bits per heavy atom. The first-order valence-electron chi connectivity index (χ1n) is 6.32. The molecule has 2 heterocycles. The quantitative estimate of drug-likeness (QED) is 0.931. The number of benzene rings is 1. The highest BCUT2D eigenvalue weighted by Crippen LogP contribution is 2.33. The Kier molecular flexibility index (Phi) is 3.38. The van der Waals surface area contributed by atoms with Gasteiger partial charge in [0.2, 0.25) is 0 Å². The maximum atomic E-state index is 5.43. The van der Waals surface area contributed by atoms with Crippen molar-refractivity contribution in [2.24, 2.45) is 0 Å². The molecule has 2 aromatic rings. The lowest BCUT2D eigenvalue weighted by Gasteiger charge is -2.10. The first-order chi connectivity index (χ1) is 9.35. The van der Waals surface area contributed by atoms with Crippen LogP contribution in [0.2, 0.25) is 0 Å². The SMILES string of the molecule is COc1ccccc1-n1nc(CSC)c2c1NCC2. The Morgan fingerprint density at radius 3 is 3.05 bits per heavy atom. The summed E-state index contributed by atoms with van der Waals surface area (Å²) in [6.07, 6.45) is 3.16. The third kappa shape index (κ3) is 2.08. The summed E-state index contributed by atoms with van der Waals surface area (Å²) in [5.74, 6) is 2.91. The minimum Gasteiger partial charge on any atom is -0.494 e. The molecule has 1 aromatic heterocycles. The summed E-state index contributed by atoms with van der Waals surface area (Å²) in [7, 11) is 1.69. The lowest BCUT2D eigenvalue weighted by Crippen LogP contribution is -2.06. The van der Waals surface area contributed by atoms with Gasteiger partial charge in [0.25, 0.3) is 0 Å². The van der Waals surface area contributed by atoms with Gasteiger partial charge in [0, 0.05) is 17.9 Å². The van der Waals surface area contributed by atoms with E-state index in [1.165, 1.54) is 11.3 Å². The maximum absolute atomic E-state index is 5.43. The summed E-state index contributed by atoms with van der Waals surface area (Å²) < 4.78 is 7.41.